The van der Waals surface area contributed by atoms with E-state index in [2.05, 4.69) is 187 Å². The molecule has 5 aliphatic rings. The van der Waals surface area contributed by atoms with Crippen LogP contribution in [0, 0.1) is 0 Å². The molecule has 0 atom stereocenters. The Morgan fingerprint density at radius 1 is 0.355 bits per heavy atom. The van der Waals surface area contributed by atoms with Crippen LogP contribution in [-0.2, 0) is 27.9 Å². The van der Waals surface area contributed by atoms with Crippen LogP contribution < -0.4 is 24.7 Å². The van der Waals surface area contributed by atoms with Gasteiger partial charge in [-0.1, -0.05) is 119 Å². The topological polar surface area (TPSA) is 80.3 Å². The van der Waals surface area contributed by atoms with Crippen LogP contribution in [0.4, 0.5) is 34.1 Å². The van der Waals surface area contributed by atoms with Crippen molar-refractivity contribution in [2.24, 2.45) is 0 Å². The smallest absolute Gasteiger partial charge is 0.452 e. The van der Waals surface area contributed by atoms with E-state index >= 15 is 0 Å². The molecule has 0 saturated carbocycles. The van der Waals surface area contributed by atoms with Gasteiger partial charge >= 0.3 is 21.1 Å². The fourth-order valence-electron chi connectivity index (χ4n) is 9.89. The second-order valence-electron chi connectivity index (χ2n) is 23.0. The van der Waals surface area contributed by atoms with Gasteiger partial charge in [-0.2, -0.15) is 0 Å². The summed E-state index contributed by atoms with van der Waals surface area (Å²) in [4.78, 5) is 4.51. The van der Waals surface area contributed by atoms with Gasteiger partial charge in [-0.3, -0.25) is 0 Å². The van der Waals surface area contributed by atoms with Gasteiger partial charge < -0.3 is 47.2 Å². The number of rotatable bonds is 4. The van der Waals surface area contributed by atoms with Crippen LogP contribution >= 0.6 is 15.9 Å². The van der Waals surface area contributed by atoms with Crippen molar-refractivity contribution in [1.29, 1.82) is 0 Å². The summed E-state index contributed by atoms with van der Waals surface area (Å²) in [6, 6.07) is 58.3. The molecule has 8 aromatic carbocycles. The van der Waals surface area contributed by atoms with Gasteiger partial charge in [-0.15, -0.1) is 0 Å². The van der Waals surface area contributed by atoms with E-state index in [1.165, 1.54) is 5.39 Å². The van der Waals surface area contributed by atoms with Crippen molar-refractivity contribution in [3.05, 3.63) is 174 Å². The van der Waals surface area contributed by atoms with Crippen molar-refractivity contribution >= 4 is 98.2 Å². The minimum absolute atomic E-state index is 0.360. The van der Waals surface area contributed by atoms with Crippen LogP contribution in [-0.4, -0.2) is 54.7 Å². The summed E-state index contributed by atoms with van der Waals surface area (Å²) in [6.07, 6.45) is 0. The predicted octanol–water partition coefficient (Wildman–Crippen LogP) is 16.1. The number of nitrogens with zero attached hydrogens (tertiary/aromatic N) is 2. The maximum atomic E-state index is 6.52. The quantitative estimate of drug-likeness (QED) is 0.159. The highest BCUT2D eigenvalue weighted by Crippen LogP contribution is 2.55. The third kappa shape index (κ3) is 9.29. The fraction of sp³-hybridized carbons (Fsp3) is 0.290. The summed E-state index contributed by atoms with van der Waals surface area (Å²) < 4.78 is 50.4. The van der Waals surface area contributed by atoms with Crippen LogP contribution in [0.15, 0.2) is 174 Å². The van der Waals surface area contributed by atoms with Crippen LogP contribution in [0.5, 0.6) is 23.0 Å². The zero-order chi connectivity index (χ0) is 53.6. The Balaban J connectivity index is 0.000000128. The molecule has 0 unspecified atom stereocenters. The van der Waals surface area contributed by atoms with E-state index in [9.17, 15) is 0 Å². The average molecular weight is 1080 g/mol. The predicted molar refractivity (Wildman–Crippen MR) is 313 cm³/mol. The summed E-state index contributed by atoms with van der Waals surface area (Å²) in [5.74, 6) is 3.43. The van der Waals surface area contributed by atoms with Gasteiger partial charge in [-0.25, -0.2) is 0 Å². The number of fused-ring (bicyclic) bond motifs is 8. The highest BCUT2D eigenvalue weighted by atomic mass is 79.9. The Labute approximate surface area is 457 Å². The minimum Gasteiger partial charge on any atom is -0.452 e. The van der Waals surface area contributed by atoms with Crippen molar-refractivity contribution in [1.82, 2.24) is 0 Å². The van der Waals surface area contributed by atoms with E-state index in [-0.39, 0.29) is 22.4 Å². The SMILES string of the molecule is Brc1ccc2c(c1)N(c1ccccc1)c1ccc3ccccc3c1O2.CC1(C)OB(B2OC(C)(C)C(C)(C)O2)OC1(C)C.CC1(C)OB(c2ccc3c(c2)N(c2ccccc2)c2ccc4ccccc4c2O3)OC1(C)C. The molecule has 5 heterocycles. The molecular weight excluding hydrogens is 1010 g/mol. The van der Waals surface area contributed by atoms with E-state index in [0.29, 0.717) is 0 Å². The zero-order valence-electron chi connectivity index (χ0n) is 45.4. The van der Waals surface area contributed by atoms with Crippen molar-refractivity contribution in [2.45, 2.75) is 117 Å². The van der Waals surface area contributed by atoms with Gasteiger partial charge in [-0.05, 0) is 166 Å². The van der Waals surface area contributed by atoms with Crippen LogP contribution in [0.3, 0.4) is 0 Å². The minimum atomic E-state index is -0.476. The number of benzene rings is 8. The Kier molecular flexibility index (Phi) is 13.1. The lowest BCUT2D eigenvalue weighted by molar-refractivity contribution is 0.00578. The molecule has 3 fully saturated rings. The first-order valence-corrected chi connectivity index (χ1v) is 26.9. The molecule has 0 bridgehead atoms. The molecule has 76 heavy (non-hydrogen) atoms. The summed E-state index contributed by atoms with van der Waals surface area (Å²) in [6.45, 7) is 24.5. The standard InChI is InChI=1S/C28H26BNO3.C22H14BrNO.C12H24B2O4/c1-27(2)28(3,4)33-29(32-27)20-15-17-25-24(18-20)30(21-11-6-5-7-12-21)23-16-14-19-10-8-9-13-22(19)26(23)31-25;23-16-11-13-21-20(14-16)24(17-7-2-1-3-8-17)19-12-10-15-6-4-5-9-18(15)22(19)25-21;1-9(2)10(3,4)16-13(15-9)14-17-11(5,6)12(7,8)18-14/h5-18H,1-4H3;1-14H;1-8H3. The van der Waals surface area contributed by atoms with Gasteiger partial charge in [0.05, 0.1) is 56.4 Å². The van der Waals surface area contributed by atoms with E-state index in [4.69, 9.17) is 37.4 Å². The highest BCUT2D eigenvalue weighted by molar-refractivity contribution is 9.10. The van der Waals surface area contributed by atoms with Crippen LogP contribution in [0.1, 0.15) is 83.1 Å². The lowest BCUT2D eigenvalue weighted by atomic mass is 9.49. The first-order chi connectivity index (χ1) is 36.0. The summed E-state index contributed by atoms with van der Waals surface area (Å²) in [7, 11) is -1.39. The monoisotopic (exact) mass is 1080 g/mol. The molecule has 0 N–H and O–H groups in total. The molecular formula is C62H64B3BrN2O8. The van der Waals surface area contributed by atoms with Crippen molar-refractivity contribution in [3.8, 4) is 23.0 Å². The molecule has 10 nitrogen and oxygen atoms in total. The van der Waals surface area contributed by atoms with Gasteiger partial charge in [0.25, 0.3) is 0 Å². The number of ether oxygens (including phenoxy) is 2. The number of hydrogen-bond donors (Lipinski definition) is 0. The Morgan fingerprint density at radius 3 is 1.16 bits per heavy atom. The Hall–Kier alpha value is -6.09. The Bertz CT molecular complexity index is 3400. The third-order valence-corrected chi connectivity index (χ3v) is 16.8. The highest BCUT2D eigenvalue weighted by Gasteiger charge is 2.64. The van der Waals surface area contributed by atoms with E-state index in [1.54, 1.807) is 0 Å². The lowest BCUT2D eigenvalue weighted by Gasteiger charge is -2.34. The van der Waals surface area contributed by atoms with E-state index in [0.717, 1.165) is 83.2 Å². The summed E-state index contributed by atoms with van der Waals surface area (Å²) in [5.41, 5.74) is 5.00. The number of anilines is 6. The second kappa shape index (κ2) is 19.1. The molecule has 14 heteroatoms. The van der Waals surface area contributed by atoms with E-state index < -0.39 is 32.3 Å². The van der Waals surface area contributed by atoms with E-state index in [1.807, 2.05) is 91.8 Å². The first kappa shape index (κ1) is 52.0. The first-order valence-electron chi connectivity index (χ1n) is 26.1. The van der Waals surface area contributed by atoms with Gasteiger partial charge in [0.15, 0.2) is 23.0 Å². The Morgan fingerprint density at radius 2 is 0.724 bits per heavy atom. The van der Waals surface area contributed by atoms with Gasteiger partial charge in [0, 0.05) is 26.6 Å². The summed E-state index contributed by atoms with van der Waals surface area (Å²) in [5, 5.41) is 4.54. The largest absolute Gasteiger partial charge is 0.494 e. The molecule has 13 rings (SSSR count). The van der Waals surface area contributed by atoms with Crippen molar-refractivity contribution in [2.75, 3.05) is 9.80 Å². The van der Waals surface area contributed by atoms with Crippen LogP contribution in [0.2, 0.25) is 0 Å². The normalized spacial score (nSPS) is 19.5. The van der Waals surface area contributed by atoms with Crippen molar-refractivity contribution in [3.63, 3.8) is 0 Å². The zero-order valence-corrected chi connectivity index (χ0v) is 47.0. The molecule has 386 valence electrons. The molecule has 0 aromatic heterocycles. The summed E-state index contributed by atoms with van der Waals surface area (Å²) >= 11 is 3.59. The maximum Gasteiger partial charge on any atom is 0.494 e. The second-order valence-corrected chi connectivity index (χ2v) is 23.9. The average Bonchev–Trinajstić information content (AvgIpc) is 3.92. The number of halogens is 1. The molecule has 0 amide bonds. The lowest BCUT2D eigenvalue weighted by Crippen LogP contribution is -2.41. The van der Waals surface area contributed by atoms with Crippen molar-refractivity contribution < 1.29 is 37.4 Å². The molecule has 8 aromatic rings. The molecule has 0 aliphatic carbocycles. The number of para-hydroxylation sites is 2. The fourth-order valence-corrected chi connectivity index (χ4v) is 10.2. The maximum absolute atomic E-state index is 6.52. The van der Waals surface area contributed by atoms with Crippen LogP contribution in [0.25, 0.3) is 21.5 Å². The van der Waals surface area contributed by atoms with Gasteiger partial charge in [0.1, 0.15) is 0 Å². The van der Waals surface area contributed by atoms with Gasteiger partial charge in [0.2, 0.25) is 0 Å². The molecule has 0 spiro atoms. The third-order valence-electron chi connectivity index (χ3n) is 16.3. The molecule has 5 aliphatic heterocycles. The number of hydrogen-bond acceptors (Lipinski definition) is 10. The molecule has 0 radical (unpaired) electrons. The molecule has 3 saturated heterocycles.